The molecule has 0 bridgehead atoms. The number of nitrogen functional groups attached to an aromatic ring is 1. The van der Waals surface area contributed by atoms with Gasteiger partial charge in [-0.05, 0) is 24.3 Å². The second-order valence-electron chi connectivity index (χ2n) is 5.80. The third kappa shape index (κ3) is 2.97. The first-order valence-corrected chi connectivity index (χ1v) is 8.57. The zero-order chi connectivity index (χ0) is 19.1. The minimum Gasteiger partial charge on any atom is -0.384 e. The van der Waals surface area contributed by atoms with E-state index in [1.807, 2.05) is 0 Å². The highest BCUT2D eigenvalue weighted by Gasteiger charge is 2.15. The molecule has 0 saturated heterocycles. The van der Waals surface area contributed by atoms with E-state index >= 15 is 0 Å². The van der Waals surface area contributed by atoms with E-state index in [1.165, 1.54) is 12.1 Å². The molecule has 0 aliphatic heterocycles. The van der Waals surface area contributed by atoms with Crippen molar-refractivity contribution >= 4 is 62.2 Å². The van der Waals surface area contributed by atoms with Gasteiger partial charge in [0.05, 0.1) is 26.6 Å². The molecule has 4 rings (SSSR count). The summed E-state index contributed by atoms with van der Waals surface area (Å²) in [4.78, 5) is 23.8. The van der Waals surface area contributed by atoms with Crippen molar-refractivity contribution in [3.05, 3.63) is 68.8 Å². The Morgan fingerprint density at radius 2 is 1.93 bits per heavy atom. The van der Waals surface area contributed by atoms with Crippen LogP contribution in [0.3, 0.4) is 0 Å². The van der Waals surface area contributed by atoms with Gasteiger partial charge in [0.25, 0.3) is 5.56 Å². The van der Waals surface area contributed by atoms with Gasteiger partial charge < -0.3 is 16.0 Å². The summed E-state index contributed by atoms with van der Waals surface area (Å²) in [5.74, 6) is 0.285. The van der Waals surface area contributed by atoms with Crippen molar-refractivity contribution < 1.29 is 0 Å². The van der Waals surface area contributed by atoms with Gasteiger partial charge in [0.2, 0.25) is 0 Å². The van der Waals surface area contributed by atoms with E-state index in [0.717, 1.165) is 0 Å². The number of nitrogens with one attached hydrogen (secondary N) is 3. The van der Waals surface area contributed by atoms with Gasteiger partial charge in [-0.15, -0.1) is 0 Å². The molecule has 7 nitrogen and oxygen atoms in total. The average Bonchev–Trinajstić information content (AvgIpc) is 2.64. The first-order chi connectivity index (χ1) is 13.0. The number of H-pyrrole nitrogens is 1. The van der Waals surface area contributed by atoms with Gasteiger partial charge in [-0.25, -0.2) is 4.98 Å². The van der Waals surface area contributed by atoms with Gasteiger partial charge in [-0.1, -0.05) is 23.2 Å². The first-order valence-electron chi connectivity index (χ1n) is 7.81. The Bertz CT molecular complexity index is 1260. The molecule has 9 heteroatoms. The van der Waals surface area contributed by atoms with Crippen LogP contribution in [0, 0.1) is 5.41 Å². The highest BCUT2D eigenvalue weighted by atomic mass is 35.5. The van der Waals surface area contributed by atoms with Crippen molar-refractivity contribution in [2.24, 2.45) is 5.73 Å². The van der Waals surface area contributed by atoms with Crippen LogP contribution in [-0.2, 0) is 0 Å². The number of benzene rings is 1. The van der Waals surface area contributed by atoms with Crippen LogP contribution in [0.1, 0.15) is 5.56 Å². The van der Waals surface area contributed by atoms with Crippen molar-refractivity contribution in [3.8, 4) is 0 Å². The lowest BCUT2D eigenvalue weighted by atomic mass is 10.1. The lowest BCUT2D eigenvalue weighted by Gasteiger charge is -2.14. The minimum absolute atomic E-state index is 0.140. The monoisotopic (exact) mass is 398 g/mol. The summed E-state index contributed by atoms with van der Waals surface area (Å²) in [7, 11) is 0. The molecule has 0 aliphatic carbocycles. The number of aromatic amines is 1. The number of hydrogen-bond donors (Lipinski definition) is 4. The number of rotatable bonds is 3. The van der Waals surface area contributed by atoms with Crippen molar-refractivity contribution in [3.63, 3.8) is 0 Å². The maximum Gasteiger partial charge on any atom is 0.256 e. The van der Waals surface area contributed by atoms with E-state index in [-0.39, 0.29) is 21.4 Å². The minimum atomic E-state index is -0.250. The number of pyridine rings is 3. The number of nitrogens with zero attached hydrogens (tertiary/aromatic N) is 2. The van der Waals surface area contributed by atoms with E-state index < -0.39 is 0 Å². The second kappa shape index (κ2) is 6.53. The Labute approximate surface area is 162 Å². The molecule has 0 radical (unpaired) electrons. The molecule has 1 aromatic carbocycles. The molecule has 0 aliphatic rings. The Kier molecular flexibility index (Phi) is 4.18. The Balaban J connectivity index is 1.96. The normalized spacial score (nSPS) is 11.0. The zero-order valence-electron chi connectivity index (χ0n) is 13.7. The molecule has 27 heavy (non-hydrogen) atoms. The zero-order valence-corrected chi connectivity index (χ0v) is 15.2. The summed E-state index contributed by atoms with van der Waals surface area (Å²) in [5.41, 5.74) is 6.67. The molecule has 134 valence electrons. The van der Waals surface area contributed by atoms with Gasteiger partial charge in [-0.3, -0.25) is 15.2 Å². The molecular formula is C18H12Cl2N6O. The molecule has 5 N–H and O–H groups in total. The summed E-state index contributed by atoms with van der Waals surface area (Å²) in [6.07, 6.45) is 4.75. The lowest BCUT2D eigenvalue weighted by molar-refractivity contribution is 1.27. The SMILES string of the molecule is N=C(N)c1cc(Cl)c(Nc2nc3ccncc3c3c(=O)[nH]ccc23)c(Cl)c1. The number of nitrogens with two attached hydrogens (primary N) is 1. The van der Waals surface area contributed by atoms with Crippen LogP contribution in [0.15, 0.2) is 47.7 Å². The molecule has 0 amide bonds. The van der Waals surface area contributed by atoms with E-state index in [4.69, 9.17) is 34.3 Å². The largest absolute Gasteiger partial charge is 0.384 e. The van der Waals surface area contributed by atoms with Gasteiger partial charge in [0.15, 0.2) is 0 Å². The van der Waals surface area contributed by atoms with Crippen molar-refractivity contribution in [2.45, 2.75) is 0 Å². The van der Waals surface area contributed by atoms with Crippen molar-refractivity contribution in [1.82, 2.24) is 15.0 Å². The molecular weight excluding hydrogens is 387 g/mol. The summed E-state index contributed by atoms with van der Waals surface area (Å²) >= 11 is 12.6. The topological polar surface area (TPSA) is 121 Å². The van der Waals surface area contributed by atoms with Crippen LogP contribution in [0.4, 0.5) is 11.5 Å². The quantitative estimate of drug-likeness (QED) is 0.237. The molecule has 3 heterocycles. The fraction of sp³-hybridized carbons (Fsp3) is 0. The highest BCUT2D eigenvalue weighted by molar-refractivity contribution is 6.40. The third-order valence-electron chi connectivity index (χ3n) is 4.11. The van der Waals surface area contributed by atoms with E-state index in [2.05, 4.69) is 20.3 Å². The summed E-state index contributed by atoms with van der Waals surface area (Å²) in [6, 6.07) is 6.54. The average molecular weight is 399 g/mol. The maximum atomic E-state index is 12.4. The van der Waals surface area contributed by atoms with Crippen LogP contribution in [0.5, 0.6) is 0 Å². The Morgan fingerprint density at radius 3 is 2.63 bits per heavy atom. The van der Waals surface area contributed by atoms with Gasteiger partial charge in [0.1, 0.15) is 11.7 Å². The fourth-order valence-corrected chi connectivity index (χ4v) is 3.44. The number of hydrogen-bond acceptors (Lipinski definition) is 5. The standard InChI is InChI=1S/C18H12Cl2N6O/c19-11-5-8(16(21)22)6-12(20)15(11)26-17-9-1-4-24-18(27)14(9)10-7-23-3-2-13(10)25-17/h1-7H,(H3,21,22)(H,24,27)(H,25,26). The fourth-order valence-electron chi connectivity index (χ4n) is 2.86. The smallest absolute Gasteiger partial charge is 0.256 e. The van der Waals surface area contributed by atoms with Gasteiger partial charge >= 0.3 is 0 Å². The molecule has 0 fully saturated rings. The lowest BCUT2D eigenvalue weighted by Crippen LogP contribution is -2.11. The number of fused-ring (bicyclic) bond motifs is 3. The molecule has 3 aromatic heterocycles. The maximum absolute atomic E-state index is 12.4. The number of aromatic nitrogens is 3. The third-order valence-corrected chi connectivity index (χ3v) is 4.71. The summed E-state index contributed by atoms with van der Waals surface area (Å²) in [5, 5.41) is 12.9. The van der Waals surface area contributed by atoms with Crippen molar-refractivity contribution in [2.75, 3.05) is 5.32 Å². The van der Waals surface area contributed by atoms with Gasteiger partial charge in [0, 0.05) is 34.9 Å². The van der Waals surface area contributed by atoms with E-state index in [0.29, 0.717) is 38.7 Å². The van der Waals surface area contributed by atoms with Crippen LogP contribution >= 0.6 is 23.2 Å². The van der Waals surface area contributed by atoms with Crippen LogP contribution in [0.2, 0.25) is 10.0 Å². The molecule has 0 unspecified atom stereocenters. The number of amidine groups is 1. The van der Waals surface area contributed by atoms with Crippen LogP contribution in [-0.4, -0.2) is 20.8 Å². The van der Waals surface area contributed by atoms with Crippen LogP contribution < -0.4 is 16.6 Å². The van der Waals surface area contributed by atoms with Crippen LogP contribution in [0.25, 0.3) is 21.7 Å². The van der Waals surface area contributed by atoms with Gasteiger partial charge in [-0.2, -0.15) is 0 Å². The first kappa shape index (κ1) is 17.3. The number of halogens is 2. The summed E-state index contributed by atoms with van der Waals surface area (Å²) in [6.45, 7) is 0. The predicted molar refractivity (Wildman–Crippen MR) is 108 cm³/mol. The predicted octanol–water partition coefficient (Wildman–Crippen LogP) is 3.81. The number of anilines is 2. The Morgan fingerprint density at radius 1 is 1.19 bits per heavy atom. The highest BCUT2D eigenvalue weighted by Crippen LogP contribution is 2.36. The van der Waals surface area contributed by atoms with E-state index in [9.17, 15) is 4.79 Å². The second-order valence-corrected chi connectivity index (χ2v) is 6.62. The summed E-state index contributed by atoms with van der Waals surface area (Å²) < 4.78 is 0. The Hall–Kier alpha value is -3.16. The molecule has 4 aromatic rings. The van der Waals surface area contributed by atoms with E-state index in [1.54, 1.807) is 30.7 Å². The van der Waals surface area contributed by atoms with Crippen molar-refractivity contribution in [1.29, 1.82) is 5.41 Å². The molecule has 0 saturated carbocycles. The molecule has 0 spiro atoms. The molecule has 0 atom stereocenters.